The van der Waals surface area contributed by atoms with E-state index < -0.39 is 5.97 Å². The van der Waals surface area contributed by atoms with Gasteiger partial charge in [0, 0.05) is 17.9 Å². The zero-order valence-electron chi connectivity index (χ0n) is 10.2. The summed E-state index contributed by atoms with van der Waals surface area (Å²) in [5.74, 6) is -0.698. The van der Waals surface area contributed by atoms with Crippen LogP contribution in [0.15, 0.2) is 18.2 Å². The Hall–Kier alpha value is -2.24. The normalized spacial score (nSPS) is 9.83. The number of carbonyl (C=O) groups excluding carboxylic acids is 2. The second-order valence-corrected chi connectivity index (χ2v) is 3.73. The van der Waals surface area contributed by atoms with Crippen molar-refractivity contribution in [2.45, 2.75) is 13.3 Å². The smallest absolute Gasteiger partial charge is 0.338 e. The zero-order chi connectivity index (χ0) is 13.5. The largest absolute Gasteiger partial charge is 0.462 e. The molecule has 98 valence electrons. The minimum Gasteiger partial charge on any atom is -0.462 e. The molecule has 0 unspecified atom stereocenters. The summed E-state index contributed by atoms with van der Waals surface area (Å²) in [6, 6.07) is 4.50. The molecule has 0 aliphatic rings. The van der Waals surface area contributed by atoms with E-state index in [0.29, 0.717) is 17.9 Å². The third kappa shape index (κ3) is 4.32. The molecule has 1 aromatic carbocycles. The first-order chi connectivity index (χ1) is 8.52. The van der Waals surface area contributed by atoms with Gasteiger partial charge in [0.15, 0.2) is 0 Å². The molecule has 6 heteroatoms. The molecule has 18 heavy (non-hydrogen) atoms. The van der Waals surface area contributed by atoms with Crippen molar-refractivity contribution in [3.05, 3.63) is 23.8 Å². The van der Waals surface area contributed by atoms with Crippen LogP contribution in [0.25, 0.3) is 0 Å². The minimum atomic E-state index is -0.543. The van der Waals surface area contributed by atoms with Crippen LogP contribution < -0.4 is 16.8 Å². The molecule has 0 fully saturated rings. The van der Waals surface area contributed by atoms with Gasteiger partial charge >= 0.3 is 5.97 Å². The summed E-state index contributed by atoms with van der Waals surface area (Å²) < 4.78 is 4.94. The highest BCUT2D eigenvalue weighted by Crippen LogP contribution is 2.14. The van der Waals surface area contributed by atoms with Crippen LogP contribution in [0.5, 0.6) is 0 Å². The molecular weight excluding hydrogens is 234 g/mol. The highest BCUT2D eigenvalue weighted by Gasteiger charge is 2.09. The maximum absolute atomic E-state index is 11.6. The SMILES string of the molecule is CCNC(=O)CCOC(=O)c1cc(N)cc(N)c1. The highest BCUT2D eigenvalue weighted by atomic mass is 16.5. The van der Waals surface area contributed by atoms with Crippen LogP contribution in [0.3, 0.4) is 0 Å². The van der Waals surface area contributed by atoms with Gasteiger partial charge in [-0.3, -0.25) is 4.79 Å². The lowest BCUT2D eigenvalue weighted by atomic mass is 10.2. The number of esters is 1. The molecule has 1 rings (SSSR count). The number of anilines is 2. The van der Waals surface area contributed by atoms with Gasteiger partial charge in [0.25, 0.3) is 0 Å². The number of hydrogen-bond acceptors (Lipinski definition) is 5. The van der Waals surface area contributed by atoms with Gasteiger partial charge in [-0.1, -0.05) is 0 Å². The van der Waals surface area contributed by atoms with E-state index in [1.165, 1.54) is 12.1 Å². The molecule has 0 saturated carbocycles. The second-order valence-electron chi connectivity index (χ2n) is 3.73. The zero-order valence-corrected chi connectivity index (χ0v) is 10.2. The summed E-state index contributed by atoms with van der Waals surface area (Å²) in [7, 11) is 0. The van der Waals surface area contributed by atoms with E-state index in [1.807, 2.05) is 6.92 Å². The fourth-order valence-corrected chi connectivity index (χ4v) is 1.40. The number of nitrogens with one attached hydrogen (secondary N) is 1. The lowest BCUT2D eigenvalue weighted by Gasteiger charge is -2.06. The van der Waals surface area contributed by atoms with Crippen LogP contribution in [0.1, 0.15) is 23.7 Å². The number of rotatable bonds is 5. The molecule has 5 N–H and O–H groups in total. The average molecular weight is 251 g/mol. The molecule has 0 aliphatic carbocycles. The lowest BCUT2D eigenvalue weighted by molar-refractivity contribution is -0.121. The summed E-state index contributed by atoms with van der Waals surface area (Å²) in [4.78, 5) is 22.8. The summed E-state index contributed by atoms with van der Waals surface area (Å²) in [5, 5.41) is 2.61. The van der Waals surface area contributed by atoms with Crippen molar-refractivity contribution in [3.8, 4) is 0 Å². The molecule has 0 aliphatic heterocycles. The van der Waals surface area contributed by atoms with Crippen LogP contribution in [-0.4, -0.2) is 25.0 Å². The summed E-state index contributed by atoms with van der Waals surface area (Å²) in [5.41, 5.74) is 12.2. The van der Waals surface area contributed by atoms with E-state index in [4.69, 9.17) is 16.2 Å². The van der Waals surface area contributed by atoms with E-state index >= 15 is 0 Å². The molecular formula is C12H17N3O3. The molecule has 6 nitrogen and oxygen atoms in total. The molecule has 0 heterocycles. The molecule has 0 aromatic heterocycles. The second kappa shape index (κ2) is 6.48. The van der Waals surface area contributed by atoms with Gasteiger partial charge in [-0.25, -0.2) is 4.79 Å². The predicted molar refractivity (Wildman–Crippen MR) is 68.9 cm³/mol. The van der Waals surface area contributed by atoms with Crippen molar-refractivity contribution in [3.63, 3.8) is 0 Å². The Bertz CT molecular complexity index is 426. The van der Waals surface area contributed by atoms with Crippen LogP contribution in [0.4, 0.5) is 11.4 Å². The van der Waals surface area contributed by atoms with Gasteiger partial charge in [0.1, 0.15) is 6.61 Å². The third-order valence-electron chi connectivity index (χ3n) is 2.15. The van der Waals surface area contributed by atoms with Crippen molar-refractivity contribution in [1.82, 2.24) is 5.32 Å². The van der Waals surface area contributed by atoms with Crippen molar-refractivity contribution in [2.75, 3.05) is 24.6 Å². The Balaban J connectivity index is 2.48. The van der Waals surface area contributed by atoms with E-state index in [-0.39, 0.29) is 24.5 Å². The molecule has 0 radical (unpaired) electrons. The van der Waals surface area contributed by atoms with Crippen LogP contribution in [0, 0.1) is 0 Å². The van der Waals surface area contributed by atoms with E-state index in [1.54, 1.807) is 6.07 Å². The van der Waals surface area contributed by atoms with E-state index in [2.05, 4.69) is 5.32 Å². The fraction of sp³-hybridized carbons (Fsp3) is 0.333. The van der Waals surface area contributed by atoms with Gasteiger partial charge < -0.3 is 21.5 Å². The molecule has 1 amide bonds. The first-order valence-corrected chi connectivity index (χ1v) is 5.62. The molecule has 0 saturated heterocycles. The molecule has 0 spiro atoms. The molecule has 0 bridgehead atoms. The van der Waals surface area contributed by atoms with Gasteiger partial charge in [-0.05, 0) is 25.1 Å². The number of nitrogens with two attached hydrogens (primary N) is 2. The number of hydrogen-bond donors (Lipinski definition) is 3. The summed E-state index contributed by atoms with van der Waals surface area (Å²) in [6.45, 7) is 2.40. The van der Waals surface area contributed by atoms with Gasteiger partial charge in [-0.2, -0.15) is 0 Å². The maximum Gasteiger partial charge on any atom is 0.338 e. The minimum absolute atomic E-state index is 0.0272. The first-order valence-electron chi connectivity index (χ1n) is 5.62. The quantitative estimate of drug-likeness (QED) is 0.522. The Labute approximate surface area is 105 Å². The fourth-order valence-electron chi connectivity index (χ4n) is 1.40. The average Bonchev–Trinajstić information content (AvgIpc) is 2.27. The van der Waals surface area contributed by atoms with E-state index in [9.17, 15) is 9.59 Å². The summed E-state index contributed by atoms with van der Waals surface area (Å²) >= 11 is 0. The Morgan fingerprint density at radius 2 is 1.83 bits per heavy atom. The summed E-state index contributed by atoms with van der Waals surface area (Å²) in [6.07, 6.45) is 0.136. The van der Waals surface area contributed by atoms with Crippen LogP contribution in [0.2, 0.25) is 0 Å². The molecule has 1 aromatic rings. The molecule has 0 atom stereocenters. The monoisotopic (exact) mass is 251 g/mol. The Morgan fingerprint density at radius 1 is 1.22 bits per heavy atom. The maximum atomic E-state index is 11.6. The van der Waals surface area contributed by atoms with Crippen molar-refractivity contribution in [2.24, 2.45) is 0 Å². The van der Waals surface area contributed by atoms with Gasteiger partial charge in [0.2, 0.25) is 5.91 Å². The number of ether oxygens (including phenoxy) is 1. The van der Waals surface area contributed by atoms with Crippen molar-refractivity contribution in [1.29, 1.82) is 0 Å². The number of amides is 1. The predicted octanol–water partition coefficient (Wildman–Crippen LogP) is 0.534. The number of nitrogen functional groups attached to an aromatic ring is 2. The number of benzene rings is 1. The van der Waals surface area contributed by atoms with Crippen LogP contribution >= 0.6 is 0 Å². The van der Waals surface area contributed by atoms with Gasteiger partial charge in [-0.15, -0.1) is 0 Å². The number of carbonyl (C=O) groups is 2. The van der Waals surface area contributed by atoms with Gasteiger partial charge in [0.05, 0.1) is 12.0 Å². The first kappa shape index (κ1) is 13.8. The topological polar surface area (TPSA) is 107 Å². The third-order valence-corrected chi connectivity index (χ3v) is 2.15. The van der Waals surface area contributed by atoms with E-state index in [0.717, 1.165) is 0 Å². The van der Waals surface area contributed by atoms with Crippen molar-refractivity contribution >= 4 is 23.3 Å². The van der Waals surface area contributed by atoms with Crippen molar-refractivity contribution < 1.29 is 14.3 Å². The Morgan fingerprint density at radius 3 is 2.39 bits per heavy atom. The standard InChI is InChI=1S/C12H17N3O3/c1-2-15-11(16)3-4-18-12(17)8-5-9(13)7-10(14)6-8/h5-7H,2-4,13-14H2,1H3,(H,15,16). The van der Waals surface area contributed by atoms with Crippen LogP contribution in [-0.2, 0) is 9.53 Å². The Kier molecular flexibility index (Phi) is 4.98. The highest BCUT2D eigenvalue weighted by molar-refractivity contribution is 5.91. The lowest BCUT2D eigenvalue weighted by Crippen LogP contribution is -2.24.